The molecule has 0 bridgehead atoms. The normalized spacial score (nSPS) is 21.7. The van der Waals surface area contributed by atoms with Gasteiger partial charge in [-0.25, -0.2) is 4.79 Å². The SMILES string of the molecule is CCOC(=O)c1cc(NC(=O)[C@@]2(OCC)CCC[C@@H](C)C2)ccc1OCC(C)C. The summed E-state index contributed by atoms with van der Waals surface area (Å²) in [5.41, 5.74) is 0.0311. The van der Waals surface area contributed by atoms with Gasteiger partial charge in [-0.15, -0.1) is 0 Å². The minimum absolute atomic E-state index is 0.156. The summed E-state index contributed by atoms with van der Waals surface area (Å²) in [4.78, 5) is 25.6. The van der Waals surface area contributed by atoms with Crippen molar-refractivity contribution in [2.45, 2.75) is 65.9 Å². The Balaban J connectivity index is 2.25. The first-order valence-corrected chi connectivity index (χ1v) is 10.7. The first-order chi connectivity index (χ1) is 13.8. The van der Waals surface area contributed by atoms with E-state index >= 15 is 0 Å². The summed E-state index contributed by atoms with van der Waals surface area (Å²) in [6.07, 6.45) is 3.48. The molecule has 0 heterocycles. The summed E-state index contributed by atoms with van der Waals surface area (Å²) in [5, 5.41) is 2.96. The molecule has 2 rings (SSSR count). The summed E-state index contributed by atoms with van der Waals surface area (Å²) in [6.45, 7) is 11.1. The minimum atomic E-state index is -0.816. The van der Waals surface area contributed by atoms with E-state index in [-0.39, 0.29) is 12.5 Å². The van der Waals surface area contributed by atoms with Crippen molar-refractivity contribution in [3.05, 3.63) is 23.8 Å². The fourth-order valence-electron chi connectivity index (χ4n) is 3.79. The Bertz CT molecular complexity index is 699. The fraction of sp³-hybridized carbons (Fsp3) is 0.652. The molecule has 1 amide bonds. The number of carbonyl (C=O) groups excluding carboxylic acids is 2. The van der Waals surface area contributed by atoms with Gasteiger partial charge in [0.1, 0.15) is 16.9 Å². The second-order valence-corrected chi connectivity index (χ2v) is 8.22. The van der Waals surface area contributed by atoms with E-state index in [1.807, 2.05) is 20.8 Å². The number of rotatable bonds is 9. The largest absolute Gasteiger partial charge is 0.492 e. The zero-order valence-electron chi connectivity index (χ0n) is 18.4. The molecule has 0 spiro atoms. The molecule has 1 N–H and O–H groups in total. The second kappa shape index (κ2) is 10.6. The Labute approximate surface area is 174 Å². The van der Waals surface area contributed by atoms with Crippen molar-refractivity contribution in [1.29, 1.82) is 0 Å². The van der Waals surface area contributed by atoms with Crippen LogP contribution in [0, 0.1) is 11.8 Å². The Morgan fingerprint density at radius 2 is 2.00 bits per heavy atom. The highest BCUT2D eigenvalue weighted by Gasteiger charge is 2.42. The molecule has 1 aromatic rings. The molecule has 1 aliphatic rings. The molecule has 2 atom stereocenters. The monoisotopic (exact) mass is 405 g/mol. The molecule has 6 heteroatoms. The number of nitrogens with one attached hydrogen (secondary N) is 1. The van der Waals surface area contributed by atoms with Crippen LogP contribution in [0.25, 0.3) is 0 Å². The predicted octanol–water partition coefficient (Wildman–Crippen LogP) is 4.82. The van der Waals surface area contributed by atoms with Gasteiger partial charge in [0, 0.05) is 12.3 Å². The molecule has 162 valence electrons. The van der Waals surface area contributed by atoms with Crippen molar-refractivity contribution in [1.82, 2.24) is 0 Å². The third-order valence-corrected chi connectivity index (χ3v) is 5.10. The summed E-state index contributed by atoms with van der Waals surface area (Å²) in [6, 6.07) is 5.08. The number of anilines is 1. The van der Waals surface area contributed by atoms with Gasteiger partial charge in [0.15, 0.2) is 0 Å². The van der Waals surface area contributed by atoms with E-state index < -0.39 is 11.6 Å². The number of hydrogen-bond donors (Lipinski definition) is 1. The Kier molecular flexibility index (Phi) is 8.50. The lowest BCUT2D eigenvalue weighted by Crippen LogP contribution is -2.48. The van der Waals surface area contributed by atoms with Crippen molar-refractivity contribution >= 4 is 17.6 Å². The van der Waals surface area contributed by atoms with Crippen LogP contribution in [-0.2, 0) is 14.3 Å². The average molecular weight is 406 g/mol. The van der Waals surface area contributed by atoms with Crippen LogP contribution in [0.3, 0.4) is 0 Å². The number of amides is 1. The lowest BCUT2D eigenvalue weighted by atomic mass is 9.78. The van der Waals surface area contributed by atoms with Gasteiger partial charge in [-0.1, -0.05) is 27.2 Å². The maximum absolute atomic E-state index is 13.1. The molecule has 0 radical (unpaired) electrons. The molecule has 1 fully saturated rings. The van der Waals surface area contributed by atoms with Crippen LogP contribution in [-0.4, -0.2) is 37.3 Å². The topological polar surface area (TPSA) is 73.9 Å². The van der Waals surface area contributed by atoms with Gasteiger partial charge >= 0.3 is 5.97 Å². The number of carbonyl (C=O) groups is 2. The van der Waals surface area contributed by atoms with Crippen molar-refractivity contribution in [2.24, 2.45) is 11.8 Å². The summed E-state index contributed by atoms with van der Waals surface area (Å²) >= 11 is 0. The zero-order chi connectivity index (χ0) is 21.4. The second-order valence-electron chi connectivity index (χ2n) is 8.22. The van der Waals surface area contributed by atoms with Gasteiger partial charge in [0.05, 0.1) is 13.2 Å². The Morgan fingerprint density at radius 3 is 2.62 bits per heavy atom. The molecule has 0 unspecified atom stereocenters. The van der Waals surface area contributed by atoms with Crippen LogP contribution in [0.5, 0.6) is 5.75 Å². The number of ether oxygens (including phenoxy) is 3. The lowest BCUT2D eigenvalue weighted by molar-refractivity contribution is -0.147. The highest BCUT2D eigenvalue weighted by molar-refractivity contribution is 5.99. The van der Waals surface area contributed by atoms with Gasteiger partial charge in [0.25, 0.3) is 5.91 Å². The highest BCUT2D eigenvalue weighted by Crippen LogP contribution is 2.36. The molecule has 1 saturated carbocycles. The Morgan fingerprint density at radius 1 is 1.24 bits per heavy atom. The molecule has 29 heavy (non-hydrogen) atoms. The van der Waals surface area contributed by atoms with E-state index in [0.29, 0.717) is 54.9 Å². The van der Waals surface area contributed by atoms with E-state index in [0.717, 1.165) is 12.8 Å². The predicted molar refractivity (Wildman–Crippen MR) is 113 cm³/mol. The van der Waals surface area contributed by atoms with E-state index in [1.165, 1.54) is 0 Å². The number of esters is 1. The van der Waals surface area contributed by atoms with Crippen LogP contribution in [0.4, 0.5) is 5.69 Å². The minimum Gasteiger partial charge on any atom is -0.492 e. The van der Waals surface area contributed by atoms with Crippen molar-refractivity contribution in [3.63, 3.8) is 0 Å². The van der Waals surface area contributed by atoms with E-state index in [2.05, 4.69) is 12.2 Å². The van der Waals surface area contributed by atoms with Crippen molar-refractivity contribution < 1.29 is 23.8 Å². The van der Waals surface area contributed by atoms with Gasteiger partial charge in [-0.05, 0) is 63.1 Å². The number of hydrogen-bond acceptors (Lipinski definition) is 5. The van der Waals surface area contributed by atoms with Crippen molar-refractivity contribution in [2.75, 3.05) is 25.1 Å². The maximum Gasteiger partial charge on any atom is 0.341 e. The first kappa shape index (κ1) is 23.2. The quantitative estimate of drug-likeness (QED) is 0.596. The fourth-order valence-corrected chi connectivity index (χ4v) is 3.79. The van der Waals surface area contributed by atoms with Gasteiger partial charge in [-0.3, -0.25) is 4.79 Å². The van der Waals surface area contributed by atoms with E-state index in [1.54, 1.807) is 25.1 Å². The van der Waals surface area contributed by atoms with E-state index in [9.17, 15) is 9.59 Å². The van der Waals surface area contributed by atoms with Crippen LogP contribution in [0.1, 0.15) is 70.7 Å². The van der Waals surface area contributed by atoms with E-state index in [4.69, 9.17) is 14.2 Å². The molecular weight excluding hydrogens is 370 g/mol. The van der Waals surface area contributed by atoms with Crippen LogP contribution >= 0.6 is 0 Å². The van der Waals surface area contributed by atoms with Crippen molar-refractivity contribution in [3.8, 4) is 5.75 Å². The van der Waals surface area contributed by atoms with Crippen LogP contribution in [0.2, 0.25) is 0 Å². The van der Waals surface area contributed by atoms with Gasteiger partial charge in [-0.2, -0.15) is 0 Å². The maximum atomic E-state index is 13.1. The molecule has 1 aliphatic carbocycles. The lowest BCUT2D eigenvalue weighted by Gasteiger charge is -2.38. The Hall–Kier alpha value is -2.08. The zero-order valence-corrected chi connectivity index (χ0v) is 18.4. The summed E-state index contributed by atoms with van der Waals surface area (Å²) < 4.78 is 16.9. The summed E-state index contributed by atoms with van der Waals surface area (Å²) in [5.74, 6) is 0.595. The van der Waals surface area contributed by atoms with Gasteiger partial charge < -0.3 is 19.5 Å². The third kappa shape index (κ3) is 6.20. The summed E-state index contributed by atoms with van der Waals surface area (Å²) in [7, 11) is 0. The van der Waals surface area contributed by atoms with Crippen LogP contribution in [0.15, 0.2) is 18.2 Å². The molecule has 6 nitrogen and oxygen atoms in total. The molecule has 1 aromatic carbocycles. The molecular formula is C23H35NO5. The van der Waals surface area contributed by atoms with Gasteiger partial charge in [0.2, 0.25) is 0 Å². The number of benzene rings is 1. The average Bonchev–Trinajstić information content (AvgIpc) is 2.67. The van der Waals surface area contributed by atoms with Crippen LogP contribution < -0.4 is 10.1 Å². The highest BCUT2D eigenvalue weighted by atomic mass is 16.5. The molecule has 0 aliphatic heterocycles. The molecule has 0 aromatic heterocycles. The smallest absolute Gasteiger partial charge is 0.341 e. The first-order valence-electron chi connectivity index (χ1n) is 10.7. The molecule has 0 saturated heterocycles. The standard InChI is InChI=1S/C23H35NO5/c1-6-27-21(25)19-13-18(10-11-20(19)28-15-16(3)4)24-22(26)23(29-7-2)12-8-9-17(5)14-23/h10-11,13,16-17H,6-9,12,14-15H2,1-5H3,(H,24,26)/t17-,23-/m1/s1. The third-order valence-electron chi connectivity index (χ3n) is 5.10.